The molecule has 0 amide bonds. The summed E-state index contributed by atoms with van der Waals surface area (Å²) >= 11 is 1.77. The molecular weight excluding hydrogens is 581 g/mol. The van der Waals surface area contributed by atoms with Gasteiger partial charge in [-0.2, -0.15) is 0 Å². The number of rotatable bonds is 3. The van der Waals surface area contributed by atoms with E-state index in [2.05, 4.69) is 126 Å². The van der Waals surface area contributed by atoms with Crippen molar-refractivity contribution in [1.29, 1.82) is 0 Å². The van der Waals surface area contributed by atoms with Gasteiger partial charge >= 0.3 is 0 Å². The van der Waals surface area contributed by atoms with E-state index in [1.807, 2.05) is 24.4 Å². The van der Waals surface area contributed by atoms with Crippen molar-refractivity contribution in [3.05, 3.63) is 146 Å². The fourth-order valence-electron chi connectivity index (χ4n) is 7.09. The lowest BCUT2D eigenvalue weighted by molar-refractivity contribution is 1.18. The molecule has 0 fully saturated rings. The van der Waals surface area contributed by atoms with Gasteiger partial charge in [-0.1, -0.05) is 103 Å². The standard InChI is InChI=1S/C41H24N4S/c1-2-12-25(13-3-1)37-30-18-6-8-21-33(30)43-40(44-37)26-14-10-15-27(24-26)45-34-22-9-7-19-31(34)35-28-16-4-5-17-29(28)36-32-20-11-23-42-41(32)46-39(36)38(35)45/h1-24H. The summed E-state index contributed by atoms with van der Waals surface area (Å²) in [6, 6.07) is 49.1. The van der Waals surface area contributed by atoms with Crippen LogP contribution in [0.5, 0.6) is 0 Å². The molecule has 5 heteroatoms. The predicted molar refractivity (Wildman–Crippen MR) is 193 cm³/mol. The zero-order chi connectivity index (χ0) is 30.2. The van der Waals surface area contributed by atoms with Crippen molar-refractivity contribution in [2.45, 2.75) is 0 Å². The van der Waals surface area contributed by atoms with E-state index in [0.717, 1.165) is 38.2 Å². The van der Waals surface area contributed by atoms with Gasteiger partial charge in [0, 0.05) is 49.9 Å². The molecule has 0 radical (unpaired) electrons. The number of para-hydroxylation sites is 2. The van der Waals surface area contributed by atoms with Crippen LogP contribution >= 0.6 is 11.3 Å². The summed E-state index contributed by atoms with van der Waals surface area (Å²) in [7, 11) is 0. The third-order valence-corrected chi connectivity index (χ3v) is 10.2. The molecule has 10 rings (SSSR count). The maximum absolute atomic E-state index is 5.18. The zero-order valence-corrected chi connectivity index (χ0v) is 25.4. The third-order valence-electron chi connectivity index (χ3n) is 9.03. The lowest BCUT2D eigenvalue weighted by atomic mass is 9.99. The molecule has 0 aliphatic rings. The van der Waals surface area contributed by atoms with Gasteiger partial charge in [0.25, 0.3) is 0 Å². The van der Waals surface area contributed by atoms with Crippen molar-refractivity contribution in [3.8, 4) is 28.3 Å². The van der Waals surface area contributed by atoms with E-state index in [1.54, 1.807) is 11.3 Å². The second-order valence-electron chi connectivity index (χ2n) is 11.6. The molecule has 6 aromatic carbocycles. The van der Waals surface area contributed by atoms with Crippen LogP contribution in [-0.2, 0) is 0 Å². The Hall–Kier alpha value is -5.91. The second kappa shape index (κ2) is 9.80. The minimum Gasteiger partial charge on any atom is -0.308 e. The quantitative estimate of drug-likeness (QED) is 0.201. The number of pyridine rings is 1. The number of benzene rings is 6. The topological polar surface area (TPSA) is 43.6 Å². The van der Waals surface area contributed by atoms with Crippen molar-refractivity contribution in [1.82, 2.24) is 19.5 Å². The molecule has 0 aliphatic heterocycles. The van der Waals surface area contributed by atoms with Gasteiger partial charge < -0.3 is 4.57 Å². The van der Waals surface area contributed by atoms with Crippen LogP contribution in [0, 0.1) is 0 Å². The molecule has 0 unspecified atom stereocenters. The number of aromatic nitrogens is 4. The number of fused-ring (bicyclic) bond motifs is 11. The summed E-state index contributed by atoms with van der Waals surface area (Å²) in [6.07, 6.45) is 1.89. The first-order chi connectivity index (χ1) is 22.8. The van der Waals surface area contributed by atoms with Crippen molar-refractivity contribution in [3.63, 3.8) is 0 Å². The van der Waals surface area contributed by atoms with Gasteiger partial charge in [-0.3, -0.25) is 0 Å². The molecule has 10 aromatic rings. The Morgan fingerprint density at radius 2 is 1.22 bits per heavy atom. The van der Waals surface area contributed by atoms with Crippen molar-refractivity contribution in [2.75, 3.05) is 0 Å². The molecule has 214 valence electrons. The van der Waals surface area contributed by atoms with Crippen LogP contribution in [0.25, 0.3) is 92.1 Å². The van der Waals surface area contributed by atoms with E-state index in [4.69, 9.17) is 15.0 Å². The average Bonchev–Trinajstić information content (AvgIpc) is 3.69. The van der Waals surface area contributed by atoms with Gasteiger partial charge in [0.05, 0.1) is 26.9 Å². The summed E-state index contributed by atoms with van der Waals surface area (Å²) in [5, 5.41) is 8.53. The number of thiophene rings is 1. The minimum absolute atomic E-state index is 0.710. The second-order valence-corrected chi connectivity index (χ2v) is 12.6. The number of nitrogens with zero attached hydrogens (tertiary/aromatic N) is 4. The summed E-state index contributed by atoms with van der Waals surface area (Å²) < 4.78 is 3.68. The number of hydrogen-bond donors (Lipinski definition) is 0. The van der Waals surface area contributed by atoms with Crippen LogP contribution in [0.1, 0.15) is 0 Å². The van der Waals surface area contributed by atoms with E-state index in [0.29, 0.717) is 5.82 Å². The number of hydrogen-bond acceptors (Lipinski definition) is 4. The average molecular weight is 605 g/mol. The van der Waals surface area contributed by atoms with E-state index < -0.39 is 0 Å². The molecule has 0 saturated heterocycles. The molecule has 0 atom stereocenters. The largest absolute Gasteiger partial charge is 0.308 e. The molecule has 0 N–H and O–H groups in total. The van der Waals surface area contributed by atoms with E-state index in [1.165, 1.54) is 48.1 Å². The Kier molecular flexibility index (Phi) is 5.41. The monoisotopic (exact) mass is 604 g/mol. The van der Waals surface area contributed by atoms with Crippen molar-refractivity contribution < 1.29 is 0 Å². The van der Waals surface area contributed by atoms with Gasteiger partial charge in [0.2, 0.25) is 0 Å². The highest BCUT2D eigenvalue weighted by Gasteiger charge is 2.22. The summed E-state index contributed by atoms with van der Waals surface area (Å²) in [4.78, 5) is 16.1. The van der Waals surface area contributed by atoms with Gasteiger partial charge in [-0.15, -0.1) is 11.3 Å². The van der Waals surface area contributed by atoms with Gasteiger partial charge in [-0.25, -0.2) is 15.0 Å². The molecule has 4 heterocycles. The SMILES string of the molecule is c1ccc(-c2nc(-c3cccc(-n4c5ccccc5c5c6ccccc6c6c7cccnc7sc6c54)c3)nc3ccccc23)cc1. The maximum atomic E-state index is 5.18. The molecule has 0 aliphatic carbocycles. The highest BCUT2D eigenvalue weighted by molar-refractivity contribution is 7.26. The lowest BCUT2D eigenvalue weighted by Gasteiger charge is -2.13. The van der Waals surface area contributed by atoms with Crippen molar-refractivity contribution in [2.24, 2.45) is 0 Å². The Bertz CT molecular complexity index is 2810. The zero-order valence-electron chi connectivity index (χ0n) is 24.6. The van der Waals surface area contributed by atoms with Gasteiger partial charge in [0.15, 0.2) is 5.82 Å². The van der Waals surface area contributed by atoms with Crippen LogP contribution in [-0.4, -0.2) is 19.5 Å². The first kappa shape index (κ1) is 25.4. The van der Waals surface area contributed by atoms with Gasteiger partial charge in [-0.05, 0) is 47.2 Å². The predicted octanol–water partition coefficient (Wildman–Crippen LogP) is 11.0. The summed E-state index contributed by atoms with van der Waals surface area (Å²) in [5.41, 5.74) is 7.37. The molecule has 4 aromatic heterocycles. The minimum atomic E-state index is 0.710. The van der Waals surface area contributed by atoms with Crippen LogP contribution in [0.3, 0.4) is 0 Å². The third kappa shape index (κ3) is 3.63. The fraction of sp³-hybridized carbons (Fsp3) is 0. The first-order valence-corrected chi connectivity index (χ1v) is 16.2. The lowest BCUT2D eigenvalue weighted by Crippen LogP contribution is -1.98. The molecule has 0 spiro atoms. The smallest absolute Gasteiger partial charge is 0.160 e. The molecule has 4 nitrogen and oxygen atoms in total. The first-order valence-electron chi connectivity index (χ1n) is 15.4. The summed E-state index contributed by atoms with van der Waals surface area (Å²) in [5.74, 6) is 0.710. The van der Waals surface area contributed by atoms with Crippen LogP contribution in [0.2, 0.25) is 0 Å². The van der Waals surface area contributed by atoms with E-state index in [-0.39, 0.29) is 0 Å². The highest BCUT2D eigenvalue weighted by Crippen LogP contribution is 2.47. The Balaban J connectivity index is 1.30. The molecule has 0 bridgehead atoms. The van der Waals surface area contributed by atoms with E-state index in [9.17, 15) is 0 Å². The van der Waals surface area contributed by atoms with Crippen molar-refractivity contribution >= 4 is 75.1 Å². The van der Waals surface area contributed by atoms with Crippen LogP contribution < -0.4 is 0 Å². The maximum Gasteiger partial charge on any atom is 0.160 e. The van der Waals surface area contributed by atoms with Crippen LogP contribution in [0.4, 0.5) is 0 Å². The summed E-state index contributed by atoms with van der Waals surface area (Å²) in [6.45, 7) is 0. The Labute approximate surface area is 267 Å². The molecule has 46 heavy (non-hydrogen) atoms. The molecular formula is C41H24N4S. The highest BCUT2D eigenvalue weighted by atomic mass is 32.1. The molecule has 0 saturated carbocycles. The Morgan fingerprint density at radius 1 is 0.522 bits per heavy atom. The van der Waals surface area contributed by atoms with Crippen LogP contribution in [0.15, 0.2) is 146 Å². The normalized spacial score (nSPS) is 11.9. The van der Waals surface area contributed by atoms with Gasteiger partial charge in [0.1, 0.15) is 4.83 Å². The fourth-order valence-corrected chi connectivity index (χ4v) is 8.29. The Morgan fingerprint density at radius 3 is 2.09 bits per heavy atom. The van der Waals surface area contributed by atoms with E-state index >= 15 is 0 Å².